The van der Waals surface area contributed by atoms with Crippen LogP contribution in [0.5, 0.6) is 17.2 Å². The first kappa shape index (κ1) is 93.8. The number of ketones is 2. The van der Waals surface area contributed by atoms with Crippen LogP contribution in [0.1, 0.15) is 71.2 Å². The number of nitrogens with one attached hydrogen (secondary N) is 2. The summed E-state index contributed by atoms with van der Waals surface area (Å²) in [6.07, 6.45) is -9.60. The summed E-state index contributed by atoms with van der Waals surface area (Å²) in [7, 11) is 9.20. The molecule has 4 heterocycles. The zero-order valence-electron chi connectivity index (χ0n) is 49.7. The van der Waals surface area contributed by atoms with Crippen molar-refractivity contribution in [2.45, 2.75) is 45.3 Å². The number of alkyl halides is 10. The van der Waals surface area contributed by atoms with E-state index < -0.39 is 77.3 Å². The van der Waals surface area contributed by atoms with E-state index in [1.54, 1.807) is 26.0 Å². The van der Waals surface area contributed by atoms with Gasteiger partial charge in [-0.25, -0.2) is 34.3 Å². The fourth-order valence-corrected chi connectivity index (χ4v) is 7.20. The van der Waals surface area contributed by atoms with Crippen molar-refractivity contribution >= 4 is 147 Å². The van der Waals surface area contributed by atoms with Crippen molar-refractivity contribution in [1.82, 2.24) is 29.9 Å². The predicted octanol–water partition coefficient (Wildman–Crippen LogP) is 2.51. The molecule has 0 saturated heterocycles. The number of anilines is 3. The molecule has 0 fully saturated rings. The van der Waals surface area contributed by atoms with E-state index in [2.05, 4.69) is 83.8 Å². The number of aromatic hydroxyl groups is 1. The number of benzene rings is 3. The van der Waals surface area contributed by atoms with Gasteiger partial charge >= 0.3 is 198 Å². The number of ether oxygens (including phenoxy) is 2. The maximum absolute atomic E-state index is 12.9. The first-order valence-electron chi connectivity index (χ1n) is 23.2. The number of rotatable bonds is 10. The zero-order chi connectivity index (χ0) is 68.1. The Bertz CT molecular complexity index is 3390. The fraction of sp³-hybridized carbons (Fsp3) is 0.265. The summed E-state index contributed by atoms with van der Waals surface area (Å²) < 4.78 is 128. The number of likely N-dealkylation sites (N-methyl/N-ethyl adjacent to an activating group) is 1. The average Bonchev–Trinajstić information content (AvgIpc) is 0.790. The minimum absolute atomic E-state index is 0. The molecule has 92 heavy (non-hydrogen) atoms. The quantitative estimate of drug-likeness (QED) is 0.0259. The molecule has 3 aromatic heterocycles. The molecular formula is C49H42BBrCl6Cs2F9N9NaO14. The number of fused-ring (bicyclic) bond motifs is 1. The molecule has 485 valence electrons. The van der Waals surface area contributed by atoms with Gasteiger partial charge in [-0.1, -0.05) is 50.7 Å². The van der Waals surface area contributed by atoms with Gasteiger partial charge < -0.3 is 54.4 Å². The molecule has 0 amide bonds. The Kier molecular flexibility index (Phi) is 47.7. The standard InChI is InChI=1S/C14H10Cl2F3N3O2.C14H10Cl2F3N3O.C9H5BrClF3O.C5H6ClN3O.C4H6O4.C2H3BO2.CH2O3.2Cs.Na.H/c1-20-12-11(5-21-13(16)22-12)24-6-10(23)8-4-7(14(17,18)19)2-3-9(8)15;1-22-10(6-23-11-5-20-13(16)21-12(11)22)8-4-7(14(17,18)19)2-3-9(8)15;10-4-8(15)6-3-5(9(12,13)14)1-2-7(6)11;1-7-4-3(10)2-8-5(6)9-4;1-3(5)7-8-4(2)6;1-2(4)5-3;2-1-4-3;;;;/h2-5H,6H2,1H3,(H,20,21,22);2-5,10H,6H2,1H3;1-3H,4H2;2,10H,1H3,(H,7,8,9);1-2H3;1H3;1,3H;;;;/q;;;;;-1;;3*+1;-1/p-1. The van der Waals surface area contributed by atoms with Crippen LogP contribution in [0.3, 0.4) is 0 Å². The van der Waals surface area contributed by atoms with Gasteiger partial charge in [0.05, 0.1) is 56.7 Å². The van der Waals surface area contributed by atoms with E-state index in [1.165, 1.54) is 31.6 Å². The van der Waals surface area contributed by atoms with Crippen molar-refractivity contribution in [3.05, 3.63) is 137 Å². The minimum Gasteiger partial charge on any atom is -1.00 e. The molecule has 1 unspecified atom stereocenters. The third-order valence-electron chi connectivity index (χ3n) is 9.68. The molecule has 0 bridgehead atoms. The minimum atomic E-state index is -4.58. The molecule has 3 radical (unpaired) electrons. The van der Waals surface area contributed by atoms with E-state index in [-0.39, 0.29) is 247 Å². The van der Waals surface area contributed by atoms with Gasteiger partial charge in [-0.2, -0.15) is 54.5 Å². The summed E-state index contributed by atoms with van der Waals surface area (Å²) in [4.78, 5) is 95.7. The molecule has 23 nitrogen and oxygen atoms in total. The molecule has 1 aliphatic heterocycles. The van der Waals surface area contributed by atoms with Crippen LogP contribution in [-0.4, -0.2) is 119 Å². The summed E-state index contributed by atoms with van der Waals surface area (Å²) in [5.41, 5.74) is -2.71. The summed E-state index contributed by atoms with van der Waals surface area (Å²) in [5, 5.41) is 23.0. The van der Waals surface area contributed by atoms with Crippen molar-refractivity contribution in [2.75, 3.05) is 55.2 Å². The Morgan fingerprint density at radius 3 is 1.51 bits per heavy atom. The van der Waals surface area contributed by atoms with Crippen LogP contribution in [0.2, 0.25) is 30.9 Å². The smallest absolute Gasteiger partial charge is 1.00 e. The summed E-state index contributed by atoms with van der Waals surface area (Å²) >= 11 is 37.2. The van der Waals surface area contributed by atoms with E-state index in [0.29, 0.717) is 29.0 Å². The van der Waals surface area contributed by atoms with Crippen LogP contribution in [0.15, 0.2) is 73.2 Å². The Labute approximate surface area is 697 Å². The van der Waals surface area contributed by atoms with E-state index >= 15 is 0 Å². The Morgan fingerprint density at radius 2 is 1.11 bits per heavy atom. The van der Waals surface area contributed by atoms with E-state index in [1.807, 2.05) is 0 Å². The molecule has 6 aromatic rings. The van der Waals surface area contributed by atoms with Gasteiger partial charge in [0.25, 0.3) is 6.47 Å². The van der Waals surface area contributed by atoms with E-state index in [9.17, 15) is 63.5 Å². The maximum Gasteiger partial charge on any atom is 1.00 e. The Hall–Kier alpha value is -2.36. The molecule has 0 aliphatic carbocycles. The van der Waals surface area contributed by atoms with Gasteiger partial charge in [0, 0.05) is 58.1 Å². The van der Waals surface area contributed by atoms with Crippen molar-refractivity contribution in [3.8, 4) is 17.2 Å². The molecule has 43 heteroatoms. The van der Waals surface area contributed by atoms with Gasteiger partial charge in [0.2, 0.25) is 27.6 Å². The third kappa shape index (κ3) is 34.7. The van der Waals surface area contributed by atoms with Gasteiger partial charge in [-0.05, 0) is 95.0 Å². The van der Waals surface area contributed by atoms with Crippen molar-refractivity contribution in [1.29, 1.82) is 0 Å². The molecule has 1 atom stereocenters. The van der Waals surface area contributed by atoms with Gasteiger partial charge in [-0.3, -0.25) is 19.2 Å². The SMILES string of the molecule is CC(=O)OOC(C)=O.CN1c2nc(Cl)ncc2OCC1c1cc(C(F)(F)F)ccc1Cl.CNc1nc(Cl)ncc1O.CNc1nc(Cl)ncc1OCC(=O)c1cc(C(F)(F)F)ccc1Cl.O=C(CBr)c1cc(C(F)(F)F)ccc1Cl.O=CO[O-].[B-]OC(C)=O.[Cs+].[Cs+].[H-].[Na+]. The van der Waals surface area contributed by atoms with E-state index in [0.717, 1.165) is 56.3 Å². The average molecular weight is 1740 g/mol. The third-order valence-corrected chi connectivity index (χ3v) is 11.7. The van der Waals surface area contributed by atoms with E-state index in [4.69, 9.17) is 94.2 Å². The van der Waals surface area contributed by atoms with Gasteiger partial charge in [0.1, 0.15) is 6.61 Å². The van der Waals surface area contributed by atoms with Crippen LogP contribution in [-0.2, 0) is 57.0 Å². The van der Waals surface area contributed by atoms with Crippen LogP contribution >= 0.6 is 85.5 Å². The summed E-state index contributed by atoms with van der Waals surface area (Å²) in [5.74, 6) is -1.45. The number of carbonyl (C=O) groups excluding carboxylic acids is 6. The largest absolute Gasteiger partial charge is 1.00 e. The van der Waals surface area contributed by atoms with Gasteiger partial charge in [-0.15, -0.1) is 0 Å². The number of halogens is 16. The van der Waals surface area contributed by atoms with Crippen molar-refractivity contribution in [3.63, 3.8) is 0 Å². The molecular weight excluding hydrogens is 1700 g/mol. The number of hydrogen-bond donors (Lipinski definition) is 3. The van der Waals surface area contributed by atoms with Crippen molar-refractivity contribution in [2.24, 2.45) is 0 Å². The molecule has 3 N–H and O–H groups in total. The summed E-state index contributed by atoms with van der Waals surface area (Å²) in [6.45, 7) is 2.92. The monoisotopic (exact) mass is 1740 g/mol. The molecule has 3 aromatic carbocycles. The molecule has 0 spiro atoms. The molecule has 1 aliphatic rings. The second-order valence-electron chi connectivity index (χ2n) is 15.8. The Balaban J connectivity index is -0.000000531. The van der Waals surface area contributed by atoms with Crippen LogP contribution < -0.4 is 198 Å². The molecule has 0 saturated carbocycles. The number of nitrogens with zero attached hydrogens (tertiary/aromatic N) is 7. The number of Topliss-reactive ketones (excluding diaryl/α,β-unsaturated/α-hetero) is 2. The molecule has 7 rings (SSSR count). The van der Waals surface area contributed by atoms with Crippen molar-refractivity contribution < 1.29 is 276 Å². The van der Waals surface area contributed by atoms with Gasteiger partial charge in [0.15, 0.2) is 47.1 Å². The number of hydrogen-bond acceptors (Lipinski definition) is 23. The second-order valence-corrected chi connectivity index (χ2v) is 18.6. The van der Waals surface area contributed by atoms with Crippen LogP contribution in [0.25, 0.3) is 0 Å². The first-order valence-corrected chi connectivity index (χ1v) is 26.6. The predicted molar refractivity (Wildman–Crippen MR) is 305 cm³/mol. The summed E-state index contributed by atoms with van der Waals surface area (Å²) in [6, 6.07) is 7.85. The number of carbonyl (C=O) groups is 6. The fourth-order valence-electron chi connectivity index (χ4n) is 5.81. The maximum atomic E-state index is 12.9. The van der Waals surface area contributed by atoms with Crippen LogP contribution in [0.4, 0.5) is 57.0 Å². The zero-order valence-corrected chi connectivity index (χ0v) is 69.4. The second kappa shape index (κ2) is 46.8. The topological polar surface area (TPSA) is 306 Å². The normalized spacial score (nSPS) is 11.5. The Morgan fingerprint density at radius 1 is 0.707 bits per heavy atom. The number of aromatic nitrogens is 6. The first-order chi connectivity index (χ1) is 41.4. The van der Waals surface area contributed by atoms with Crippen LogP contribution in [0, 0.1) is 0 Å².